The van der Waals surface area contributed by atoms with E-state index in [-0.39, 0.29) is 5.82 Å². The average molecular weight is 126 g/mol. The Morgan fingerprint density at radius 1 is 1.75 bits per heavy atom. The van der Waals surface area contributed by atoms with Crippen LogP contribution in [-0.2, 0) is 0 Å². The van der Waals surface area contributed by atoms with Crippen molar-refractivity contribution in [2.24, 2.45) is 0 Å². The van der Waals surface area contributed by atoms with Gasteiger partial charge in [-0.3, -0.25) is 0 Å². The summed E-state index contributed by atoms with van der Waals surface area (Å²) in [5.41, 5.74) is 0. The van der Waals surface area contributed by atoms with Crippen LogP contribution in [0.5, 0.6) is 0 Å². The highest BCUT2D eigenvalue weighted by Gasteiger charge is 1.95. The first kappa shape index (κ1) is 5.33. The minimum atomic E-state index is -0.294. The normalized spacial score (nSPS) is 8.50. The summed E-state index contributed by atoms with van der Waals surface area (Å²) in [7, 11) is 0. The van der Waals surface area contributed by atoms with Crippen LogP contribution in [0.2, 0.25) is 0 Å². The van der Waals surface area contributed by atoms with E-state index in [1.54, 1.807) is 5.38 Å². The summed E-state index contributed by atoms with van der Waals surface area (Å²) in [6, 6.07) is 1.36. The number of rotatable bonds is 0. The molecule has 0 fully saturated rings. The van der Waals surface area contributed by atoms with Crippen molar-refractivity contribution in [3.8, 4) is 12.3 Å². The van der Waals surface area contributed by atoms with Crippen LogP contribution >= 0.6 is 11.3 Å². The van der Waals surface area contributed by atoms with Gasteiger partial charge in [0.25, 0.3) is 0 Å². The Bertz CT molecular complexity index is 219. The minimum absolute atomic E-state index is 0.294. The number of thiophene rings is 1. The molecule has 1 aromatic rings. The van der Waals surface area contributed by atoms with Gasteiger partial charge in [-0.15, -0.1) is 17.8 Å². The summed E-state index contributed by atoms with van der Waals surface area (Å²) in [5.74, 6) is 1.92. The number of hydrogen-bond acceptors (Lipinski definition) is 1. The Balaban J connectivity index is 3.15. The van der Waals surface area contributed by atoms with Gasteiger partial charge in [0.05, 0.1) is 0 Å². The van der Waals surface area contributed by atoms with Crippen molar-refractivity contribution in [3.63, 3.8) is 0 Å². The van der Waals surface area contributed by atoms with E-state index in [0.717, 1.165) is 0 Å². The summed E-state index contributed by atoms with van der Waals surface area (Å²) in [6.45, 7) is 0. The third kappa shape index (κ3) is 0.728. The molecule has 0 atom stereocenters. The lowest BCUT2D eigenvalue weighted by atomic mass is 10.5. The molecule has 0 spiro atoms. The molecule has 1 rings (SSSR count). The maximum absolute atomic E-state index is 12.2. The summed E-state index contributed by atoms with van der Waals surface area (Å²) in [6.07, 6.45) is 4.92. The average Bonchev–Trinajstić information content (AvgIpc) is 2.14. The van der Waals surface area contributed by atoms with Gasteiger partial charge in [0.15, 0.2) is 0 Å². The lowest BCUT2D eigenvalue weighted by Crippen LogP contribution is -1.66. The molecule has 40 valence electrons. The first-order valence-corrected chi connectivity index (χ1v) is 2.92. The van der Waals surface area contributed by atoms with Crippen molar-refractivity contribution in [3.05, 3.63) is 22.1 Å². The van der Waals surface area contributed by atoms with E-state index >= 15 is 0 Å². The van der Waals surface area contributed by atoms with Crippen molar-refractivity contribution in [2.75, 3.05) is 0 Å². The quantitative estimate of drug-likeness (QED) is 0.465. The van der Waals surface area contributed by atoms with Crippen molar-refractivity contribution in [1.82, 2.24) is 0 Å². The fourth-order valence-corrected chi connectivity index (χ4v) is 0.969. The third-order valence-electron chi connectivity index (χ3n) is 0.748. The Morgan fingerprint density at radius 2 is 2.50 bits per heavy atom. The fraction of sp³-hybridized carbons (Fsp3) is 0. The molecule has 0 N–H and O–H groups in total. The van der Waals surface area contributed by atoms with Gasteiger partial charge in [-0.25, -0.2) is 4.39 Å². The molecule has 0 unspecified atom stereocenters. The molecular formula is C6H3FS. The Labute approximate surface area is 51.0 Å². The topological polar surface area (TPSA) is 0 Å². The first-order chi connectivity index (χ1) is 3.84. The van der Waals surface area contributed by atoms with Crippen LogP contribution in [0.3, 0.4) is 0 Å². The van der Waals surface area contributed by atoms with E-state index in [1.807, 2.05) is 0 Å². The zero-order valence-corrected chi connectivity index (χ0v) is 4.83. The van der Waals surface area contributed by atoms with Crippen LogP contribution in [0.4, 0.5) is 4.39 Å². The summed E-state index contributed by atoms with van der Waals surface area (Å²) in [5, 5.41) is 1.63. The van der Waals surface area contributed by atoms with Gasteiger partial charge in [0.2, 0.25) is 0 Å². The van der Waals surface area contributed by atoms with Gasteiger partial charge >= 0.3 is 0 Å². The fourth-order valence-electron chi connectivity index (χ4n) is 0.397. The van der Waals surface area contributed by atoms with Crippen LogP contribution in [0.25, 0.3) is 0 Å². The number of halogens is 1. The third-order valence-corrected chi connectivity index (χ3v) is 1.57. The van der Waals surface area contributed by atoms with Crippen LogP contribution in [0, 0.1) is 18.2 Å². The van der Waals surface area contributed by atoms with E-state index in [2.05, 4.69) is 5.92 Å². The molecule has 0 bridgehead atoms. The van der Waals surface area contributed by atoms with Crippen molar-refractivity contribution in [1.29, 1.82) is 0 Å². The maximum atomic E-state index is 12.2. The van der Waals surface area contributed by atoms with Crippen molar-refractivity contribution >= 4 is 11.3 Å². The molecule has 2 heteroatoms. The minimum Gasteiger partial charge on any atom is -0.205 e. The van der Waals surface area contributed by atoms with Crippen LogP contribution < -0.4 is 0 Å². The molecule has 0 radical (unpaired) electrons. The predicted octanol–water partition coefficient (Wildman–Crippen LogP) is 1.87. The molecule has 0 aliphatic heterocycles. The Kier molecular flexibility index (Phi) is 1.32. The second kappa shape index (κ2) is 1.97. The van der Waals surface area contributed by atoms with E-state index in [0.29, 0.717) is 4.88 Å². The molecule has 0 saturated carbocycles. The summed E-state index contributed by atoms with van der Waals surface area (Å²) < 4.78 is 12.2. The van der Waals surface area contributed by atoms with E-state index in [1.165, 1.54) is 17.4 Å². The van der Waals surface area contributed by atoms with Gasteiger partial charge in [-0.1, -0.05) is 5.92 Å². The first-order valence-electron chi connectivity index (χ1n) is 2.04. The van der Waals surface area contributed by atoms with Crippen molar-refractivity contribution in [2.45, 2.75) is 0 Å². The second-order valence-electron chi connectivity index (χ2n) is 1.24. The van der Waals surface area contributed by atoms with Crippen molar-refractivity contribution < 1.29 is 4.39 Å². The smallest absolute Gasteiger partial charge is 0.149 e. The van der Waals surface area contributed by atoms with Gasteiger partial charge < -0.3 is 0 Å². The molecular weight excluding hydrogens is 123 g/mol. The SMILES string of the molecule is C#Cc1sccc1F. The molecule has 1 aromatic heterocycles. The molecule has 0 aliphatic carbocycles. The molecule has 1 heterocycles. The largest absolute Gasteiger partial charge is 0.205 e. The highest BCUT2D eigenvalue weighted by Crippen LogP contribution is 2.11. The predicted molar refractivity (Wildman–Crippen MR) is 32.2 cm³/mol. The highest BCUT2D eigenvalue weighted by molar-refractivity contribution is 7.10. The van der Waals surface area contributed by atoms with Crippen LogP contribution in [-0.4, -0.2) is 0 Å². The zero-order chi connectivity index (χ0) is 5.98. The highest BCUT2D eigenvalue weighted by atomic mass is 32.1. The van der Waals surface area contributed by atoms with Gasteiger partial charge in [0.1, 0.15) is 10.7 Å². The molecule has 8 heavy (non-hydrogen) atoms. The zero-order valence-electron chi connectivity index (χ0n) is 4.02. The molecule has 0 saturated heterocycles. The molecule has 0 nitrogen and oxygen atoms in total. The van der Waals surface area contributed by atoms with Gasteiger partial charge in [-0.2, -0.15) is 0 Å². The van der Waals surface area contributed by atoms with Crippen LogP contribution in [0.15, 0.2) is 11.4 Å². The number of hydrogen-bond donors (Lipinski definition) is 0. The van der Waals surface area contributed by atoms with E-state index in [4.69, 9.17) is 6.42 Å². The number of terminal acetylenes is 1. The summed E-state index contributed by atoms with van der Waals surface area (Å²) in [4.78, 5) is 0.380. The molecule has 0 aromatic carbocycles. The maximum Gasteiger partial charge on any atom is 0.149 e. The second-order valence-corrected chi connectivity index (χ2v) is 2.16. The van der Waals surface area contributed by atoms with Gasteiger partial charge in [-0.05, 0) is 11.4 Å². The lowest BCUT2D eigenvalue weighted by Gasteiger charge is -1.75. The summed E-state index contributed by atoms with van der Waals surface area (Å²) >= 11 is 1.24. The molecule has 0 amide bonds. The molecule has 0 aliphatic rings. The standard InChI is InChI=1S/C6H3FS/c1-2-6-5(7)3-4-8-6/h1,3-4H. The van der Waals surface area contributed by atoms with Crippen LogP contribution in [0.1, 0.15) is 4.88 Å². The monoisotopic (exact) mass is 126 g/mol. The van der Waals surface area contributed by atoms with E-state index < -0.39 is 0 Å². The lowest BCUT2D eigenvalue weighted by molar-refractivity contribution is 0.630. The Hall–Kier alpha value is -0.810. The van der Waals surface area contributed by atoms with Gasteiger partial charge in [0, 0.05) is 0 Å². The Morgan fingerprint density at radius 3 is 2.75 bits per heavy atom. The van der Waals surface area contributed by atoms with E-state index in [9.17, 15) is 4.39 Å².